The van der Waals surface area contributed by atoms with E-state index in [9.17, 15) is 0 Å². The lowest BCUT2D eigenvalue weighted by Crippen LogP contribution is -2.43. The molecule has 0 bridgehead atoms. The van der Waals surface area contributed by atoms with E-state index in [4.69, 9.17) is 10.7 Å². The molecule has 2 N–H and O–H groups in total. The molecule has 3 heteroatoms. The Labute approximate surface area is 132 Å². The first kappa shape index (κ1) is 13.9. The molecular formula is C19H23N3. The number of fused-ring (bicyclic) bond motifs is 5. The van der Waals surface area contributed by atoms with Crippen LogP contribution in [0.2, 0.25) is 0 Å². The Morgan fingerprint density at radius 3 is 2.64 bits per heavy atom. The molecule has 1 aromatic heterocycles. The van der Waals surface area contributed by atoms with Gasteiger partial charge in [0.1, 0.15) is 0 Å². The lowest BCUT2D eigenvalue weighted by Gasteiger charge is -2.40. The Morgan fingerprint density at radius 1 is 1.05 bits per heavy atom. The van der Waals surface area contributed by atoms with Gasteiger partial charge in [0.25, 0.3) is 0 Å². The Morgan fingerprint density at radius 2 is 1.82 bits per heavy atom. The van der Waals surface area contributed by atoms with Gasteiger partial charge in [0.2, 0.25) is 0 Å². The van der Waals surface area contributed by atoms with Gasteiger partial charge in [-0.1, -0.05) is 30.3 Å². The van der Waals surface area contributed by atoms with E-state index in [2.05, 4.69) is 41.3 Å². The van der Waals surface area contributed by atoms with Gasteiger partial charge in [-0.3, -0.25) is 4.98 Å². The first-order chi connectivity index (χ1) is 10.8. The zero-order chi connectivity index (χ0) is 15.0. The molecule has 2 aliphatic rings. The van der Waals surface area contributed by atoms with E-state index < -0.39 is 0 Å². The summed E-state index contributed by atoms with van der Waals surface area (Å²) in [6.07, 6.45) is 5.38. The zero-order valence-electron chi connectivity index (χ0n) is 13.0. The van der Waals surface area contributed by atoms with Gasteiger partial charge in [-0.15, -0.1) is 0 Å². The molecule has 0 radical (unpaired) electrons. The van der Waals surface area contributed by atoms with Crippen LogP contribution < -0.4 is 5.73 Å². The summed E-state index contributed by atoms with van der Waals surface area (Å²) in [5.74, 6) is 0. The van der Waals surface area contributed by atoms with Crippen molar-refractivity contribution in [2.45, 2.75) is 24.7 Å². The van der Waals surface area contributed by atoms with E-state index in [1.807, 2.05) is 6.20 Å². The van der Waals surface area contributed by atoms with E-state index >= 15 is 0 Å². The molecule has 1 saturated heterocycles. The number of hydrogen-bond acceptors (Lipinski definition) is 3. The average Bonchev–Trinajstić information content (AvgIpc) is 2.86. The Kier molecular flexibility index (Phi) is 3.47. The number of nitrogens with zero attached hydrogens (tertiary/aromatic N) is 2. The van der Waals surface area contributed by atoms with Crippen molar-refractivity contribution in [1.29, 1.82) is 0 Å². The number of likely N-dealkylation sites (tertiary alicyclic amines) is 1. The SMILES string of the molecule is NCCCN1CCC2(CC1)c1ccccc1-c1cccnc12. The lowest BCUT2D eigenvalue weighted by atomic mass is 9.73. The summed E-state index contributed by atoms with van der Waals surface area (Å²) in [5, 5.41) is 0. The lowest BCUT2D eigenvalue weighted by molar-refractivity contribution is 0.178. The summed E-state index contributed by atoms with van der Waals surface area (Å²) in [6, 6.07) is 13.2. The third kappa shape index (κ3) is 2.00. The molecule has 2 heterocycles. The van der Waals surface area contributed by atoms with Gasteiger partial charge in [0, 0.05) is 17.2 Å². The minimum absolute atomic E-state index is 0.131. The molecule has 1 aliphatic carbocycles. The molecule has 114 valence electrons. The topological polar surface area (TPSA) is 42.1 Å². The van der Waals surface area contributed by atoms with Crippen molar-refractivity contribution in [3.05, 3.63) is 53.9 Å². The molecule has 2 aromatic rings. The van der Waals surface area contributed by atoms with Crippen LogP contribution in [0, 0.1) is 0 Å². The van der Waals surface area contributed by atoms with Crippen LogP contribution >= 0.6 is 0 Å². The number of piperidine rings is 1. The molecule has 0 unspecified atom stereocenters. The van der Waals surface area contributed by atoms with Crippen molar-refractivity contribution >= 4 is 0 Å². The Hall–Kier alpha value is -1.71. The second-order valence-electron chi connectivity index (χ2n) is 6.51. The standard InChI is InChI=1S/C19H23N3/c20-10-4-12-22-13-8-19(9-14-22)17-7-2-1-5-15(17)16-6-3-11-21-18(16)19/h1-3,5-7,11H,4,8-10,12-14,20H2. The van der Waals surface area contributed by atoms with E-state index in [0.717, 1.165) is 32.6 Å². The molecule has 1 aliphatic heterocycles. The van der Waals surface area contributed by atoms with Crippen molar-refractivity contribution in [2.24, 2.45) is 5.73 Å². The maximum absolute atomic E-state index is 5.65. The second-order valence-corrected chi connectivity index (χ2v) is 6.51. The first-order valence-corrected chi connectivity index (χ1v) is 8.33. The van der Waals surface area contributed by atoms with Gasteiger partial charge >= 0.3 is 0 Å². The maximum atomic E-state index is 5.65. The molecule has 0 amide bonds. The average molecular weight is 293 g/mol. The summed E-state index contributed by atoms with van der Waals surface area (Å²) in [7, 11) is 0. The van der Waals surface area contributed by atoms with Crippen LogP contribution in [0.5, 0.6) is 0 Å². The number of hydrogen-bond donors (Lipinski definition) is 1. The molecule has 4 rings (SSSR count). The van der Waals surface area contributed by atoms with Crippen LogP contribution in [0.25, 0.3) is 11.1 Å². The van der Waals surface area contributed by atoms with Crippen LogP contribution in [0.1, 0.15) is 30.5 Å². The highest BCUT2D eigenvalue weighted by molar-refractivity contribution is 5.79. The third-order valence-electron chi connectivity index (χ3n) is 5.38. The summed E-state index contributed by atoms with van der Waals surface area (Å²) in [6.45, 7) is 4.20. The summed E-state index contributed by atoms with van der Waals surface area (Å²) in [5.41, 5.74) is 11.3. The van der Waals surface area contributed by atoms with E-state index in [1.165, 1.54) is 35.2 Å². The minimum atomic E-state index is 0.131. The molecule has 1 spiro atoms. The van der Waals surface area contributed by atoms with E-state index in [0.29, 0.717) is 0 Å². The van der Waals surface area contributed by atoms with Crippen molar-refractivity contribution in [2.75, 3.05) is 26.2 Å². The molecule has 0 atom stereocenters. The van der Waals surface area contributed by atoms with Crippen LogP contribution in [0.3, 0.4) is 0 Å². The van der Waals surface area contributed by atoms with Crippen molar-refractivity contribution in [1.82, 2.24) is 9.88 Å². The van der Waals surface area contributed by atoms with Gasteiger partial charge in [0.15, 0.2) is 0 Å². The van der Waals surface area contributed by atoms with Gasteiger partial charge in [0.05, 0.1) is 5.69 Å². The summed E-state index contributed by atoms with van der Waals surface area (Å²) in [4.78, 5) is 7.36. The van der Waals surface area contributed by atoms with Gasteiger partial charge < -0.3 is 10.6 Å². The number of benzene rings is 1. The molecular weight excluding hydrogens is 270 g/mol. The van der Waals surface area contributed by atoms with Crippen molar-refractivity contribution in [3.63, 3.8) is 0 Å². The van der Waals surface area contributed by atoms with Crippen LogP contribution in [-0.4, -0.2) is 36.1 Å². The zero-order valence-corrected chi connectivity index (χ0v) is 13.0. The molecule has 1 fully saturated rings. The number of nitrogens with two attached hydrogens (primary N) is 1. The Balaban J connectivity index is 1.70. The normalized spacial score (nSPS) is 19.1. The fraction of sp³-hybridized carbons (Fsp3) is 0.421. The van der Waals surface area contributed by atoms with Gasteiger partial charge in [-0.25, -0.2) is 0 Å². The largest absolute Gasteiger partial charge is 0.330 e. The van der Waals surface area contributed by atoms with Crippen LogP contribution in [0.15, 0.2) is 42.6 Å². The highest BCUT2D eigenvalue weighted by Gasteiger charge is 2.45. The highest BCUT2D eigenvalue weighted by atomic mass is 15.1. The fourth-order valence-electron chi connectivity index (χ4n) is 4.25. The number of rotatable bonds is 3. The molecule has 22 heavy (non-hydrogen) atoms. The number of pyridine rings is 1. The number of aromatic nitrogens is 1. The smallest absolute Gasteiger partial charge is 0.0588 e. The van der Waals surface area contributed by atoms with Crippen LogP contribution in [-0.2, 0) is 5.41 Å². The fourth-order valence-corrected chi connectivity index (χ4v) is 4.25. The van der Waals surface area contributed by atoms with Gasteiger partial charge in [-0.2, -0.15) is 0 Å². The highest BCUT2D eigenvalue weighted by Crippen LogP contribution is 2.52. The Bertz CT molecular complexity index is 624. The molecule has 0 saturated carbocycles. The van der Waals surface area contributed by atoms with Crippen LogP contribution in [0.4, 0.5) is 0 Å². The second kappa shape index (κ2) is 5.49. The predicted octanol–water partition coefficient (Wildman–Crippen LogP) is 2.79. The van der Waals surface area contributed by atoms with E-state index in [-0.39, 0.29) is 5.41 Å². The summed E-state index contributed by atoms with van der Waals surface area (Å²) >= 11 is 0. The van der Waals surface area contributed by atoms with Crippen molar-refractivity contribution in [3.8, 4) is 11.1 Å². The monoisotopic (exact) mass is 293 g/mol. The minimum Gasteiger partial charge on any atom is -0.330 e. The third-order valence-corrected chi connectivity index (χ3v) is 5.38. The van der Waals surface area contributed by atoms with Crippen molar-refractivity contribution < 1.29 is 0 Å². The first-order valence-electron chi connectivity index (χ1n) is 8.33. The predicted molar refractivity (Wildman–Crippen MR) is 89.8 cm³/mol. The molecule has 1 aromatic carbocycles. The quantitative estimate of drug-likeness (QED) is 0.946. The van der Waals surface area contributed by atoms with Gasteiger partial charge in [-0.05, 0) is 62.6 Å². The molecule has 3 nitrogen and oxygen atoms in total. The summed E-state index contributed by atoms with van der Waals surface area (Å²) < 4.78 is 0. The van der Waals surface area contributed by atoms with E-state index in [1.54, 1.807) is 0 Å². The maximum Gasteiger partial charge on any atom is 0.0588 e.